The number of hydrogen-bond donors (Lipinski definition) is 3. The van der Waals surface area contributed by atoms with Crippen molar-refractivity contribution in [1.82, 2.24) is 26.1 Å². The lowest BCUT2D eigenvalue weighted by Gasteiger charge is -2.11. The quantitative estimate of drug-likeness (QED) is 0.219. The van der Waals surface area contributed by atoms with Gasteiger partial charge < -0.3 is 20.5 Å². The average Bonchev–Trinajstić information content (AvgIpc) is 3.27. The number of aromatic nitrogens is 2. The first-order chi connectivity index (χ1) is 15.1. The van der Waals surface area contributed by atoms with E-state index in [4.69, 9.17) is 16.1 Å². The molecule has 0 atom stereocenters. The zero-order chi connectivity index (χ0) is 22.1. The van der Waals surface area contributed by atoms with Crippen LogP contribution in [0.3, 0.4) is 0 Å². The van der Waals surface area contributed by atoms with Crippen LogP contribution >= 0.6 is 35.6 Å². The van der Waals surface area contributed by atoms with Crippen LogP contribution in [0.5, 0.6) is 0 Å². The number of rotatable bonds is 8. The molecule has 32 heavy (non-hydrogen) atoms. The predicted molar refractivity (Wildman–Crippen MR) is 137 cm³/mol. The Kier molecular flexibility index (Phi) is 10.4. The molecule has 0 saturated heterocycles. The highest BCUT2D eigenvalue weighted by molar-refractivity contribution is 14.0. The van der Waals surface area contributed by atoms with Gasteiger partial charge in [-0.15, -0.1) is 24.0 Å². The van der Waals surface area contributed by atoms with Gasteiger partial charge in [0.2, 0.25) is 11.7 Å². The molecular formula is C22H26ClIN6O2. The maximum atomic E-state index is 11.7. The molecule has 0 saturated carbocycles. The fourth-order valence-corrected chi connectivity index (χ4v) is 3.04. The summed E-state index contributed by atoms with van der Waals surface area (Å²) in [6, 6.07) is 14.9. The van der Waals surface area contributed by atoms with Gasteiger partial charge in [-0.25, -0.2) is 0 Å². The molecule has 0 bridgehead atoms. The smallest absolute Gasteiger partial charge is 0.251 e. The molecule has 2 aromatic carbocycles. The number of amides is 1. The van der Waals surface area contributed by atoms with Gasteiger partial charge in [-0.2, -0.15) is 4.98 Å². The average molecular weight is 569 g/mol. The van der Waals surface area contributed by atoms with Gasteiger partial charge >= 0.3 is 0 Å². The summed E-state index contributed by atoms with van der Waals surface area (Å²) in [6.07, 6.45) is 1.33. The van der Waals surface area contributed by atoms with Crippen LogP contribution in [0.1, 0.15) is 21.8 Å². The number of guanidine groups is 1. The summed E-state index contributed by atoms with van der Waals surface area (Å²) in [5.41, 5.74) is 2.58. The maximum Gasteiger partial charge on any atom is 0.251 e. The monoisotopic (exact) mass is 568 g/mol. The van der Waals surface area contributed by atoms with Gasteiger partial charge in [-0.05, 0) is 48.4 Å². The number of benzene rings is 2. The molecule has 8 nitrogen and oxygen atoms in total. The van der Waals surface area contributed by atoms with E-state index in [9.17, 15) is 4.79 Å². The van der Waals surface area contributed by atoms with E-state index >= 15 is 0 Å². The molecule has 3 N–H and O–H groups in total. The van der Waals surface area contributed by atoms with Gasteiger partial charge in [0.25, 0.3) is 5.91 Å². The first kappa shape index (κ1) is 25.6. The molecule has 0 aliphatic carbocycles. The summed E-state index contributed by atoms with van der Waals surface area (Å²) in [5, 5.41) is 13.8. The molecule has 170 valence electrons. The molecule has 3 aromatic rings. The molecule has 0 aliphatic heterocycles. The topological polar surface area (TPSA) is 104 Å². The van der Waals surface area contributed by atoms with E-state index in [2.05, 4.69) is 31.1 Å². The first-order valence-electron chi connectivity index (χ1n) is 9.93. The largest absolute Gasteiger partial charge is 0.356 e. The van der Waals surface area contributed by atoms with Crippen molar-refractivity contribution in [2.45, 2.75) is 12.8 Å². The van der Waals surface area contributed by atoms with Crippen LogP contribution in [0.25, 0.3) is 11.4 Å². The van der Waals surface area contributed by atoms with Crippen LogP contribution in [-0.2, 0) is 12.8 Å². The van der Waals surface area contributed by atoms with Crippen LogP contribution < -0.4 is 16.0 Å². The molecule has 3 rings (SSSR count). The first-order valence-corrected chi connectivity index (χ1v) is 10.3. The molecule has 0 fully saturated rings. The lowest BCUT2D eigenvalue weighted by Crippen LogP contribution is -2.39. The van der Waals surface area contributed by atoms with E-state index in [-0.39, 0.29) is 29.9 Å². The van der Waals surface area contributed by atoms with Crippen LogP contribution in [-0.4, -0.2) is 49.2 Å². The Morgan fingerprint density at radius 1 is 1.09 bits per heavy atom. The minimum absolute atomic E-state index is 0. The van der Waals surface area contributed by atoms with Crippen LogP contribution in [0.4, 0.5) is 0 Å². The van der Waals surface area contributed by atoms with E-state index in [0.29, 0.717) is 47.8 Å². The van der Waals surface area contributed by atoms with E-state index in [1.165, 1.54) is 0 Å². The molecule has 1 aromatic heterocycles. The van der Waals surface area contributed by atoms with Gasteiger partial charge in [0.1, 0.15) is 0 Å². The molecule has 0 radical (unpaired) electrons. The van der Waals surface area contributed by atoms with Gasteiger partial charge in [-0.3, -0.25) is 9.79 Å². The minimum Gasteiger partial charge on any atom is -0.356 e. The predicted octanol–water partition coefficient (Wildman–Crippen LogP) is 3.32. The van der Waals surface area contributed by atoms with Gasteiger partial charge in [0.15, 0.2) is 5.96 Å². The Morgan fingerprint density at radius 2 is 1.81 bits per heavy atom. The van der Waals surface area contributed by atoms with Gasteiger partial charge in [0, 0.05) is 49.8 Å². The van der Waals surface area contributed by atoms with Crippen molar-refractivity contribution in [3.8, 4) is 11.4 Å². The van der Waals surface area contributed by atoms with Crippen molar-refractivity contribution < 1.29 is 9.32 Å². The number of nitrogens with zero attached hydrogens (tertiary/aromatic N) is 3. The SMILES string of the molecule is CN=C(NCCc1cccc(C(=O)NC)c1)NCCc1nc(-c2ccc(Cl)cc2)no1.I. The second-order valence-corrected chi connectivity index (χ2v) is 7.16. The molecule has 0 spiro atoms. The number of aliphatic imine (C=N–C) groups is 1. The number of halogens is 2. The highest BCUT2D eigenvalue weighted by Gasteiger charge is 2.09. The standard InChI is InChI=1S/C22H25ClN6O2.HI/c1-24-21(30)17-5-3-4-15(14-17)10-12-26-22(25-2)27-13-11-19-28-20(29-31-19)16-6-8-18(23)9-7-16;/h3-9,14H,10-13H2,1-2H3,(H,24,30)(H2,25,26,27);1H. The van der Waals surface area contributed by atoms with Crippen molar-refractivity contribution >= 4 is 47.4 Å². The summed E-state index contributed by atoms with van der Waals surface area (Å²) in [7, 11) is 3.34. The fourth-order valence-electron chi connectivity index (χ4n) is 2.92. The minimum atomic E-state index is -0.0902. The van der Waals surface area contributed by atoms with E-state index < -0.39 is 0 Å². The van der Waals surface area contributed by atoms with E-state index in [1.807, 2.05) is 30.3 Å². The molecule has 1 amide bonds. The van der Waals surface area contributed by atoms with Gasteiger partial charge in [0.05, 0.1) is 0 Å². The van der Waals surface area contributed by atoms with Crippen LogP contribution in [0, 0.1) is 0 Å². The van der Waals surface area contributed by atoms with Gasteiger partial charge in [-0.1, -0.05) is 28.9 Å². The van der Waals surface area contributed by atoms with Crippen molar-refractivity contribution in [3.63, 3.8) is 0 Å². The molecular weight excluding hydrogens is 543 g/mol. The Bertz CT molecular complexity index is 1040. The third kappa shape index (κ3) is 7.49. The summed E-state index contributed by atoms with van der Waals surface area (Å²) in [6.45, 7) is 1.27. The molecule has 10 heteroatoms. The highest BCUT2D eigenvalue weighted by atomic mass is 127. The Labute approximate surface area is 209 Å². The molecule has 1 heterocycles. The Hall–Kier alpha value is -2.66. The number of carbonyl (C=O) groups excluding carboxylic acids is 1. The summed E-state index contributed by atoms with van der Waals surface area (Å²) in [4.78, 5) is 20.4. The van der Waals surface area contributed by atoms with E-state index in [1.54, 1.807) is 32.3 Å². The third-order valence-electron chi connectivity index (χ3n) is 4.55. The van der Waals surface area contributed by atoms with Crippen molar-refractivity contribution in [3.05, 3.63) is 70.6 Å². The summed E-state index contributed by atoms with van der Waals surface area (Å²) >= 11 is 5.91. The Balaban J connectivity index is 0.00000363. The van der Waals surface area contributed by atoms with Crippen molar-refractivity contribution in [1.29, 1.82) is 0 Å². The van der Waals surface area contributed by atoms with Crippen molar-refractivity contribution in [2.24, 2.45) is 4.99 Å². The fraction of sp³-hybridized carbons (Fsp3) is 0.273. The number of hydrogen-bond acceptors (Lipinski definition) is 5. The molecule has 0 unspecified atom stereocenters. The summed E-state index contributed by atoms with van der Waals surface area (Å²) < 4.78 is 5.32. The second kappa shape index (κ2) is 13.0. The Morgan fingerprint density at radius 3 is 2.50 bits per heavy atom. The molecule has 0 aliphatic rings. The highest BCUT2D eigenvalue weighted by Crippen LogP contribution is 2.18. The zero-order valence-corrected chi connectivity index (χ0v) is 21.0. The lowest BCUT2D eigenvalue weighted by atomic mass is 10.1. The van der Waals surface area contributed by atoms with E-state index in [0.717, 1.165) is 17.5 Å². The zero-order valence-electron chi connectivity index (χ0n) is 17.9. The third-order valence-corrected chi connectivity index (χ3v) is 4.80. The lowest BCUT2D eigenvalue weighted by molar-refractivity contribution is 0.0963. The van der Waals surface area contributed by atoms with Crippen LogP contribution in [0.15, 0.2) is 58.0 Å². The summed E-state index contributed by atoms with van der Waals surface area (Å²) in [5.74, 6) is 1.67. The number of carbonyl (C=O) groups is 1. The number of nitrogens with one attached hydrogen (secondary N) is 3. The van der Waals surface area contributed by atoms with Crippen LogP contribution in [0.2, 0.25) is 5.02 Å². The van der Waals surface area contributed by atoms with Crippen molar-refractivity contribution in [2.75, 3.05) is 27.2 Å². The maximum absolute atomic E-state index is 11.7. The second-order valence-electron chi connectivity index (χ2n) is 6.72. The normalized spacial score (nSPS) is 10.9.